The Morgan fingerprint density at radius 2 is 1.67 bits per heavy atom. The number of nitrogens with zero attached hydrogens (tertiary/aromatic N) is 1. The van der Waals surface area contributed by atoms with Gasteiger partial charge in [-0.1, -0.05) is 42.0 Å². The zero-order valence-electron chi connectivity index (χ0n) is 12.9. The highest BCUT2D eigenvalue weighted by Crippen LogP contribution is 2.20. The molecule has 21 heavy (non-hydrogen) atoms. The number of aryl methyl sites for hydroxylation is 2. The maximum Gasteiger partial charge on any atom is 0.231 e. The Morgan fingerprint density at radius 3 is 2.24 bits per heavy atom. The van der Waals surface area contributed by atoms with Gasteiger partial charge in [0, 0.05) is 19.3 Å². The van der Waals surface area contributed by atoms with Gasteiger partial charge in [0.25, 0.3) is 0 Å². The SMILES string of the molecule is Cc1ccc(N(C)C(=O)Cc2ccc(CN)cc2)c(C)c1. The van der Waals surface area contributed by atoms with Crippen LogP contribution >= 0.6 is 0 Å². The van der Waals surface area contributed by atoms with E-state index < -0.39 is 0 Å². The molecular weight excluding hydrogens is 260 g/mol. The smallest absolute Gasteiger partial charge is 0.231 e. The number of carbonyl (C=O) groups is 1. The Morgan fingerprint density at radius 1 is 1.05 bits per heavy atom. The van der Waals surface area contributed by atoms with Crippen molar-refractivity contribution in [1.29, 1.82) is 0 Å². The number of hydrogen-bond donors (Lipinski definition) is 1. The molecule has 0 aliphatic heterocycles. The number of nitrogens with two attached hydrogens (primary N) is 1. The molecule has 0 aliphatic rings. The third-order valence-electron chi connectivity index (χ3n) is 3.70. The number of carbonyl (C=O) groups excluding carboxylic acids is 1. The Bertz CT molecular complexity index is 632. The van der Waals surface area contributed by atoms with E-state index in [-0.39, 0.29) is 5.91 Å². The Kier molecular flexibility index (Phi) is 4.76. The van der Waals surface area contributed by atoms with Crippen LogP contribution in [0.3, 0.4) is 0 Å². The minimum absolute atomic E-state index is 0.0856. The van der Waals surface area contributed by atoms with Crippen LogP contribution in [0.2, 0.25) is 0 Å². The summed E-state index contributed by atoms with van der Waals surface area (Å²) in [5.41, 5.74) is 10.9. The number of anilines is 1. The molecule has 0 spiro atoms. The van der Waals surface area contributed by atoms with E-state index >= 15 is 0 Å². The Balaban J connectivity index is 2.11. The maximum absolute atomic E-state index is 12.4. The second-order valence-corrected chi connectivity index (χ2v) is 5.44. The van der Waals surface area contributed by atoms with Crippen LogP contribution in [0.25, 0.3) is 0 Å². The standard InChI is InChI=1S/C18H22N2O/c1-13-4-9-17(14(2)10-13)20(3)18(21)11-15-5-7-16(12-19)8-6-15/h4-10H,11-12,19H2,1-3H3. The number of hydrogen-bond acceptors (Lipinski definition) is 2. The molecule has 0 bridgehead atoms. The lowest BCUT2D eigenvalue weighted by Gasteiger charge is -2.20. The van der Waals surface area contributed by atoms with Gasteiger partial charge in [0.2, 0.25) is 5.91 Å². The van der Waals surface area contributed by atoms with E-state index in [1.807, 2.05) is 50.4 Å². The molecule has 0 aromatic heterocycles. The van der Waals surface area contributed by atoms with Crippen LogP contribution in [0.5, 0.6) is 0 Å². The first kappa shape index (κ1) is 15.3. The average Bonchev–Trinajstić information content (AvgIpc) is 2.47. The van der Waals surface area contributed by atoms with Crippen molar-refractivity contribution in [2.45, 2.75) is 26.8 Å². The fraction of sp³-hybridized carbons (Fsp3) is 0.278. The minimum Gasteiger partial charge on any atom is -0.326 e. The van der Waals surface area contributed by atoms with Crippen LogP contribution in [-0.2, 0) is 17.8 Å². The second-order valence-electron chi connectivity index (χ2n) is 5.44. The fourth-order valence-electron chi connectivity index (χ4n) is 2.40. The van der Waals surface area contributed by atoms with Gasteiger partial charge >= 0.3 is 0 Å². The van der Waals surface area contributed by atoms with Gasteiger partial charge in [-0.25, -0.2) is 0 Å². The molecule has 0 saturated heterocycles. The molecule has 0 heterocycles. The summed E-state index contributed by atoms with van der Waals surface area (Å²) in [7, 11) is 1.83. The van der Waals surface area contributed by atoms with Crippen molar-refractivity contribution >= 4 is 11.6 Å². The molecule has 2 aromatic carbocycles. The van der Waals surface area contributed by atoms with Gasteiger partial charge in [-0.05, 0) is 36.6 Å². The van der Waals surface area contributed by atoms with Crippen LogP contribution in [0.4, 0.5) is 5.69 Å². The van der Waals surface area contributed by atoms with Gasteiger partial charge in [0.05, 0.1) is 6.42 Å². The zero-order valence-corrected chi connectivity index (χ0v) is 12.9. The van der Waals surface area contributed by atoms with E-state index in [1.54, 1.807) is 4.90 Å². The van der Waals surface area contributed by atoms with Crippen molar-refractivity contribution in [3.05, 3.63) is 64.7 Å². The average molecular weight is 282 g/mol. The lowest BCUT2D eigenvalue weighted by atomic mass is 10.1. The lowest BCUT2D eigenvalue weighted by molar-refractivity contribution is -0.117. The first-order chi connectivity index (χ1) is 10.0. The highest BCUT2D eigenvalue weighted by atomic mass is 16.2. The summed E-state index contributed by atoms with van der Waals surface area (Å²) in [6.45, 7) is 4.61. The summed E-state index contributed by atoms with van der Waals surface area (Å²) < 4.78 is 0. The summed E-state index contributed by atoms with van der Waals surface area (Å²) in [4.78, 5) is 14.1. The predicted molar refractivity (Wildman–Crippen MR) is 87.4 cm³/mol. The van der Waals surface area contributed by atoms with Gasteiger partial charge in [0.15, 0.2) is 0 Å². The molecule has 2 rings (SSSR count). The maximum atomic E-state index is 12.4. The zero-order chi connectivity index (χ0) is 15.4. The Hall–Kier alpha value is -2.13. The van der Waals surface area contributed by atoms with Crippen LogP contribution in [-0.4, -0.2) is 13.0 Å². The largest absolute Gasteiger partial charge is 0.326 e. The molecule has 2 N–H and O–H groups in total. The highest BCUT2D eigenvalue weighted by Gasteiger charge is 2.13. The summed E-state index contributed by atoms with van der Waals surface area (Å²) in [6, 6.07) is 14.0. The molecule has 0 saturated carbocycles. The molecule has 0 aliphatic carbocycles. The molecule has 1 amide bonds. The van der Waals surface area contributed by atoms with E-state index in [0.717, 1.165) is 22.4 Å². The molecule has 110 valence electrons. The molecule has 0 unspecified atom stereocenters. The molecule has 2 aromatic rings. The van der Waals surface area contributed by atoms with E-state index in [2.05, 4.69) is 13.0 Å². The number of benzene rings is 2. The summed E-state index contributed by atoms with van der Waals surface area (Å²) in [5, 5.41) is 0. The van der Waals surface area contributed by atoms with Gasteiger partial charge in [-0.2, -0.15) is 0 Å². The quantitative estimate of drug-likeness (QED) is 0.937. The van der Waals surface area contributed by atoms with Crippen LogP contribution < -0.4 is 10.6 Å². The minimum atomic E-state index is 0.0856. The molecule has 0 fully saturated rings. The van der Waals surface area contributed by atoms with Gasteiger partial charge in [-0.3, -0.25) is 4.79 Å². The van der Waals surface area contributed by atoms with Gasteiger partial charge < -0.3 is 10.6 Å². The predicted octanol–water partition coefficient (Wildman–Crippen LogP) is 2.97. The van der Waals surface area contributed by atoms with E-state index in [0.29, 0.717) is 13.0 Å². The number of amides is 1. The molecule has 3 nitrogen and oxygen atoms in total. The van der Waals surface area contributed by atoms with Gasteiger partial charge in [-0.15, -0.1) is 0 Å². The van der Waals surface area contributed by atoms with Crippen molar-refractivity contribution in [1.82, 2.24) is 0 Å². The van der Waals surface area contributed by atoms with Crippen molar-refractivity contribution in [3.8, 4) is 0 Å². The number of rotatable bonds is 4. The fourth-order valence-corrected chi connectivity index (χ4v) is 2.40. The van der Waals surface area contributed by atoms with Crippen LogP contribution in [0.15, 0.2) is 42.5 Å². The summed E-state index contributed by atoms with van der Waals surface area (Å²) >= 11 is 0. The monoisotopic (exact) mass is 282 g/mol. The van der Waals surface area contributed by atoms with Crippen molar-refractivity contribution in [2.24, 2.45) is 5.73 Å². The molecular formula is C18H22N2O. The van der Waals surface area contributed by atoms with Crippen molar-refractivity contribution in [2.75, 3.05) is 11.9 Å². The summed E-state index contributed by atoms with van der Waals surface area (Å²) in [6.07, 6.45) is 0.397. The van der Waals surface area contributed by atoms with Gasteiger partial charge in [0.1, 0.15) is 0 Å². The van der Waals surface area contributed by atoms with Crippen molar-refractivity contribution < 1.29 is 4.79 Å². The van der Waals surface area contributed by atoms with E-state index in [4.69, 9.17) is 5.73 Å². The van der Waals surface area contributed by atoms with Crippen molar-refractivity contribution in [3.63, 3.8) is 0 Å². The molecule has 0 atom stereocenters. The lowest BCUT2D eigenvalue weighted by Crippen LogP contribution is -2.28. The topological polar surface area (TPSA) is 46.3 Å². The first-order valence-corrected chi connectivity index (χ1v) is 7.13. The third-order valence-corrected chi connectivity index (χ3v) is 3.70. The highest BCUT2D eigenvalue weighted by molar-refractivity contribution is 5.94. The second kappa shape index (κ2) is 6.55. The normalized spacial score (nSPS) is 10.5. The van der Waals surface area contributed by atoms with Crippen LogP contribution in [0.1, 0.15) is 22.3 Å². The summed E-state index contributed by atoms with van der Waals surface area (Å²) in [5.74, 6) is 0.0856. The van der Waals surface area contributed by atoms with E-state index in [1.165, 1.54) is 5.56 Å². The Labute approximate surface area is 126 Å². The molecule has 3 heteroatoms. The third kappa shape index (κ3) is 3.70. The van der Waals surface area contributed by atoms with E-state index in [9.17, 15) is 4.79 Å². The molecule has 0 radical (unpaired) electrons. The first-order valence-electron chi connectivity index (χ1n) is 7.13. The number of likely N-dealkylation sites (N-methyl/N-ethyl adjacent to an activating group) is 1. The van der Waals surface area contributed by atoms with Crippen LogP contribution in [0, 0.1) is 13.8 Å².